The van der Waals surface area contributed by atoms with Crippen LogP contribution in [0.5, 0.6) is 5.75 Å². The van der Waals surface area contributed by atoms with Crippen LogP contribution in [0.3, 0.4) is 0 Å². The molecule has 1 aliphatic rings. The Morgan fingerprint density at radius 2 is 1.97 bits per heavy atom. The molecular weight excluding hydrogens is 440 g/mol. The van der Waals surface area contributed by atoms with Crippen LogP contribution in [0, 0.1) is 22.7 Å². The van der Waals surface area contributed by atoms with E-state index in [1.54, 1.807) is 16.8 Å². The molecule has 0 spiro atoms. The number of nitrogens with zero attached hydrogens (tertiary/aromatic N) is 5. The molecule has 0 radical (unpaired) electrons. The van der Waals surface area contributed by atoms with E-state index in [4.69, 9.17) is 9.84 Å². The topological polar surface area (TPSA) is 119 Å². The quantitative estimate of drug-likeness (QED) is 0.418. The average Bonchev–Trinajstić information content (AvgIpc) is 3.18. The van der Waals surface area contributed by atoms with E-state index in [9.17, 15) is 10.5 Å². The van der Waals surface area contributed by atoms with Crippen LogP contribution >= 0.6 is 0 Å². The molecule has 2 N–H and O–H groups in total. The molecule has 0 saturated carbocycles. The van der Waals surface area contributed by atoms with Crippen molar-refractivity contribution >= 4 is 5.65 Å². The van der Waals surface area contributed by atoms with Gasteiger partial charge in [0.2, 0.25) is 0 Å². The van der Waals surface area contributed by atoms with Gasteiger partial charge in [-0.15, -0.1) is 5.10 Å². The van der Waals surface area contributed by atoms with Gasteiger partial charge in [-0.1, -0.05) is 24.3 Å². The first-order valence-corrected chi connectivity index (χ1v) is 11.6. The lowest BCUT2D eigenvalue weighted by Crippen LogP contribution is -2.17. The molecule has 3 heterocycles. The number of ether oxygens (including phenoxy) is 1. The van der Waals surface area contributed by atoms with Gasteiger partial charge in [-0.2, -0.15) is 10.5 Å². The molecule has 174 valence electrons. The Hall–Kier alpha value is -4.24. The SMILES string of the molecule is N#Cc1c(-c2ccc3c(c2)OCCCC3)cccc1-c1nc2c(C#N)cc(CNCCO)cn2n1. The van der Waals surface area contributed by atoms with Crippen LogP contribution in [0.4, 0.5) is 0 Å². The van der Waals surface area contributed by atoms with Crippen molar-refractivity contribution in [3.63, 3.8) is 0 Å². The van der Waals surface area contributed by atoms with E-state index >= 15 is 0 Å². The number of aliphatic hydroxyl groups is 1. The molecule has 8 nitrogen and oxygen atoms in total. The maximum atomic E-state index is 10.1. The second-order valence-corrected chi connectivity index (χ2v) is 8.45. The van der Waals surface area contributed by atoms with Gasteiger partial charge >= 0.3 is 0 Å². The second-order valence-electron chi connectivity index (χ2n) is 8.45. The monoisotopic (exact) mass is 464 g/mol. The number of benzene rings is 2. The lowest BCUT2D eigenvalue weighted by Gasteiger charge is -2.12. The fourth-order valence-electron chi connectivity index (χ4n) is 4.41. The molecule has 0 bridgehead atoms. The zero-order valence-electron chi connectivity index (χ0n) is 19.2. The molecule has 0 atom stereocenters. The first kappa shape index (κ1) is 22.5. The van der Waals surface area contributed by atoms with Crippen LogP contribution in [0.2, 0.25) is 0 Å². The summed E-state index contributed by atoms with van der Waals surface area (Å²) in [5, 5.41) is 36.5. The molecule has 2 aromatic carbocycles. The highest BCUT2D eigenvalue weighted by Gasteiger charge is 2.19. The summed E-state index contributed by atoms with van der Waals surface area (Å²) in [6.07, 6.45) is 4.93. The van der Waals surface area contributed by atoms with Gasteiger partial charge < -0.3 is 15.2 Å². The molecule has 0 aliphatic carbocycles. The van der Waals surface area contributed by atoms with Crippen molar-refractivity contribution in [3.05, 3.63) is 70.9 Å². The number of nitrogens with one attached hydrogen (secondary N) is 1. The van der Waals surface area contributed by atoms with Gasteiger partial charge in [0.25, 0.3) is 0 Å². The first-order valence-electron chi connectivity index (χ1n) is 11.6. The minimum absolute atomic E-state index is 0.0322. The van der Waals surface area contributed by atoms with Gasteiger partial charge in [-0.3, -0.25) is 0 Å². The Balaban J connectivity index is 1.58. The largest absolute Gasteiger partial charge is 0.493 e. The fourth-order valence-corrected chi connectivity index (χ4v) is 4.41. The zero-order chi connectivity index (χ0) is 24.2. The smallest absolute Gasteiger partial charge is 0.183 e. The summed E-state index contributed by atoms with van der Waals surface area (Å²) in [5.41, 5.74) is 5.63. The molecule has 0 unspecified atom stereocenters. The lowest BCUT2D eigenvalue weighted by molar-refractivity contribution is 0.292. The second kappa shape index (κ2) is 9.94. The number of hydrogen-bond donors (Lipinski definition) is 2. The highest BCUT2D eigenvalue weighted by molar-refractivity contribution is 5.81. The molecule has 35 heavy (non-hydrogen) atoms. The average molecular weight is 465 g/mol. The van der Waals surface area contributed by atoms with Crippen molar-refractivity contribution in [3.8, 4) is 40.4 Å². The number of hydrogen-bond acceptors (Lipinski definition) is 7. The minimum Gasteiger partial charge on any atom is -0.493 e. The number of aryl methyl sites for hydroxylation is 1. The predicted octanol–water partition coefficient (Wildman–Crippen LogP) is 3.60. The highest BCUT2D eigenvalue weighted by atomic mass is 16.5. The van der Waals surface area contributed by atoms with E-state index in [0.717, 1.165) is 41.7 Å². The Morgan fingerprint density at radius 1 is 1.09 bits per heavy atom. The number of aromatic nitrogens is 3. The van der Waals surface area contributed by atoms with E-state index in [-0.39, 0.29) is 6.61 Å². The number of nitriles is 2. The summed E-state index contributed by atoms with van der Waals surface area (Å²) in [7, 11) is 0. The van der Waals surface area contributed by atoms with E-state index in [1.807, 2.05) is 30.3 Å². The standard InChI is InChI=1S/C27H24N6O2/c28-14-21-12-18(16-30-9-10-34)17-33-27(21)31-26(32-33)23-6-3-5-22(24(23)15-29)20-8-7-19-4-1-2-11-35-25(19)13-20/h3,5-8,12-13,17,30,34H,1-2,4,9-11,16H2. The third-order valence-electron chi connectivity index (χ3n) is 6.12. The summed E-state index contributed by atoms with van der Waals surface area (Å²) in [5.74, 6) is 1.26. The van der Waals surface area contributed by atoms with Crippen LogP contribution in [0.1, 0.15) is 35.1 Å². The summed E-state index contributed by atoms with van der Waals surface area (Å²) >= 11 is 0. The van der Waals surface area contributed by atoms with Gasteiger partial charge in [-0.05, 0) is 54.2 Å². The molecule has 1 aliphatic heterocycles. The summed E-state index contributed by atoms with van der Waals surface area (Å²) < 4.78 is 7.53. The van der Waals surface area contributed by atoms with Gasteiger partial charge in [-0.25, -0.2) is 9.50 Å². The van der Waals surface area contributed by atoms with Gasteiger partial charge in [0, 0.05) is 30.4 Å². The van der Waals surface area contributed by atoms with Gasteiger partial charge in [0.05, 0.1) is 24.3 Å². The van der Waals surface area contributed by atoms with Crippen LogP contribution in [0.15, 0.2) is 48.7 Å². The van der Waals surface area contributed by atoms with Crippen LogP contribution in [-0.2, 0) is 13.0 Å². The van der Waals surface area contributed by atoms with E-state index in [2.05, 4.69) is 33.6 Å². The van der Waals surface area contributed by atoms with Crippen LogP contribution in [0.25, 0.3) is 28.2 Å². The lowest BCUT2D eigenvalue weighted by atomic mass is 9.94. The summed E-state index contributed by atoms with van der Waals surface area (Å²) in [4.78, 5) is 4.61. The zero-order valence-corrected chi connectivity index (χ0v) is 19.2. The molecule has 0 amide bonds. The van der Waals surface area contributed by atoms with Gasteiger partial charge in [0.1, 0.15) is 17.9 Å². The van der Waals surface area contributed by atoms with Crippen LogP contribution < -0.4 is 10.1 Å². The first-order chi connectivity index (χ1) is 17.2. The number of fused-ring (bicyclic) bond motifs is 2. The van der Waals surface area contributed by atoms with Crippen molar-refractivity contribution in [2.75, 3.05) is 19.8 Å². The van der Waals surface area contributed by atoms with Gasteiger partial charge in [0.15, 0.2) is 11.5 Å². The van der Waals surface area contributed by atoms with Crippen molar-refractivity contribution in [1.29, 1.82) is 10.5 Å². The van der Waals surface area contributed by atoms with Crippen LogP contribution in [-0.4, -0.2) is 39.5 Å². The van der Waals surface area contributed by atoms with Crippen molar-refractivity contribution in [1.82, 2.24) is 19.9 Å². The number of pyridine rings is 1. The molecule has 0 saturated heterocycles. The predicted molar refractivity (Wildman–Crippen MR) is 131 cm³/mol. The summed E-state index contributed by atoms with van der Waals surface area (Å²) in [6.45, 7) is 1.67. The number of rotatable bonds is 6. The Labute approximate surface area is 203 Å². The molecule has 4 aromatic rings. The Bertz CT molecular complexity index is 1480. The molecule has 0 fully saturated rings. The van der Waals surface area contributed by atoms with Crippen molar-refractivity contribution in [2.24, 2.45) is 0 Å². The van der Waals surface area contributed by atoms with E-state index in [0.29, 0.717) is 47.9 Å². The minimum atomic E-state index is 0.0322. The number of aliphatic hydroxyl groups excluding tert-OH is 1. The third kappa shape index (κ3) is 4.45. The maximum absolute atomic E-state index is 10.1. The van der Waals surface area contributed by atoms with E-state index in [1.165, 1.54) is 5.56 Å². The third-order valence-corrected chi connectivity index (χ3v) is 6.12. The van der Waals surface area contributed by atoms with Crippen molar-refractivity contribution in [2.45, 2.75) is 25.8 Å². The van der Waals surface area contributed by atoms with E-state index < -0.39 is 0 Å². The molecular formula is C27H24N6O2. The highest BCUT2D eigenvalue weighted by Crippen LogP contribution is 2.35. The molecule has 2 aromatic heterocycles. The normalized spacial score (nSPS) is 12.9. The van der Waals surface area contributed by atoms with Crippen molar-refractivity contribution < 1.29 is 9.84 Å². The Morgan fingerprint density at radius 3 is 2.80 bits per heavy atom. The fraction of sp³-hybridized carbons (Fsp3) is 0.259. The molecule has 5 rings (SSSR count). The molecule has 8 heteroatoms. The summed E-state index contributed by atoms with van der Waals surface area (Å²) in [6, 6.07) is 18.0. The maximum Gasteiger partial charge on any atom is 0.183 e. The Kier molecular flexibility index (Phi) is 6.40.